The summed E-state index contributed by atoms with van der Waals surface area (Å²) in [5, 5.41) is 4.21. The maximum atomic E-state index is 12.9. The number of aromatic amines is 1. The summed E-state index contributed by atoms with van der Waals surface area (Å²) in [7, 11) is 3.27. The summed E-state index contributed by atoms with van der Waals surface area (Å²) in [4.78, 5) is 16.2. The number of hydrogen-bond donors (Lipinski definition) is 2. The van der Waals surface area contributed by atoms with Gasteiger partial charge in [0.25, 0.3) is 0 Å². The van der Waals surface area contributed by atoms with E-state index in [2.05, 4.69) is 23.3 Å². The number of para-hydroxylation sites is 2. The number of benzene rings is 2. The van der Waals surface area contributed by atoms with Gasteiger partial charge in [0.1, 0.15) is 0 Å². The molecular weight excluding hydrogens is 376 g/mol. The van der Waals surface area contributed by atoms with E-state index in [9.17, 15) is 4.79 Å². The van der Waals surface area contributed by atoms with E-state index in [1.54, 1.807) is 14.2 Å². The summed E-state index contributed by atoms with van der Waals surface area (Å²) in [6, 6.07) is 14.0. The van der Waals surface area contributed by atoms with Gasteiger partial charge in [-0.05, 0) is 24.1 Å². The molecule has 0 saturated heterocycles. The minimum atomic E-state index is -0.151. The van der Waals surface area contributed by atoms with Gasteiger partial charge in [-0.15, -0.1) is 0 Å². The number of unbranched alkanes of at least 4 members (excludes halogenated alkanes) is 3. The third-order valence-electron chi connectivity index (χ3n) is 5.55. The molecule has 5 nitrogen and oxygen atoms in total. The Labute approximate surface area is 178 Å². The predicted octanol–water partition coefficient (Wildman–Crippen LogP) is 5.40. The third-order valence-corrected chi connectivity index (χ3v) is 5.55. The number of hydrogen-bond acceptors (Lipinski definition) is 3. The first-order chi connectivity index (χ1) is 14.7. The molecule has 3 aromatic rings. The van der Waals surface area contributed by atoms with Gasteiger partial charge in [-0.3, -0.25) is 4.79 Å². The number of nitrogens with one attached hydrogen (secondary N) is 2. The van der Waals surface area contributed by atoms with Gasteiger partial charge in [0.15, 0.2) is 11.5 Å². The van der Waals surface area contributed by atoms with Crippen LogP contribution in [0.25, 0.3) is 10.9 Å². The number of rotatable bonds is 11. The molecule has 2 aromatic carbocycles. The molecule has 0 aliphatic heterocycles. The summed E-state index contributed by atoms with van der Waals surface area (Å²) in [6.07, 6.45) is 6.90. The highest BCUT2D eigenvalue weighted by molar-refractivity contribution is 5.86. The first-order valence-electron chi connectivity index (χ1n) is 10.7. The number of ether oxygens (including phenoxy) is 2. The fourth-order valence-electron chi connectivity index (χ4n) is 3.99. The fraction of sp³-hybridized carbons (Fsp3) is 0.400. The Hall–Kier alpha value is -2.95. The van der Waals surface area contributed by atoms with E-state index in [0.29, 0.717) is 24.5 Å². The van der Waals surface area contributed by atoms with Crippen molar-refractivity contribution in [3.8, 4) is 11.5 Å². The molecule has 0 bridgehead atoms. The molecule has 0 unspecified atom stereocenters. The fourth-order valence-corrected chi connectivity index (χ4v) is 3.99. The number of aromatic nitrogens is 1. The Morgan fingerprint density at radius 2 is 1.83 bits per heavy atom. The average Bonchev–Trinajstić information content (AvgIpc) is 3.20. The van der Waals surface area contributed by atoms with Crippen LogP contribution in [0, 0.1) is 0 Å². The smallest absolute Gasteiger partial charge is 0.220 e. The van der Waals surface area contributed by atoms with Gasteiger partial charge in [-0.1, -0.05) is 56.5 Å². The number of fused-ring (bicyclic) bond motifs is 1. The number of H-pyrrole nitrogens is 1. The Morgan fingerprint density at radius 3 is 2.60 bits per heavy atom. The topological polar surface area (TPSA) is 63.4 Å². The largest absolute Gasteiger partial charge is 0.493 e. The van der Waals surface area contributed by atoms with E-state index in [4.69, 9.17) is 9.47 Å². The molecule has 0 aliphatic carbocycles. The number of carbonyl (C=O) groups excluding carboxylic acids is 1. The number of carbonyl (C=O) groups is 1. The molecule has 160 valence electrons. The van der Waals surface area contributed by atoms with Crippen molar-refractivity contribution in [1.82, 2.24) is 10.3 Å². The van der Waals surface area contributed by atoms with Gasteiger partial charge in [0.2, 0.25) is 5.91 Å². The van der Waals surface area contributed by atoms with Crippen molar-refractivity contribution in [3.63, 3.8) is 0 Å². The predicted molar refractivity (Wildman–Crippen MR) is 121 cm³/mol. The van der Waals surface area contributed by atoms with Crippen LogP contribution in [0.3, 0.4) is 0 Å². The molecule has 1 heterocycles. The molecule has 5 heteroatoms. The number of methoxy groups -OCH3 is 2. The van der Waals surface area contributed by atoms with Crippen LogP contribution in [-0.2, 0) is 4.79 Å². The lowest BCUT2D eigenvalue weighted by Crippen LogP contribution is -2.26. The normalized spacial score (nSPS) is 12.0. The summed E-state index contributed by atoms with van der Waals surface area (Å²) < 4.78 is 11.2. The Bertz CT molecular complexity index is 964. The zero-order chi connectivity index (χ0) is 21.3. The second-order valence-corrected chi connectivity index (χ2v) is 7.54. The lowest BCUT2D eigenvalue weighted by Gasteiger charge is -2.21. The van der Waals surface area contributed by atoms with E-state index in [1.807, 2.05) is 42.6 Å². The standard InChI is InChI=1S/C25H32N2O3/c1-4-5-6-9-15-26-24(28)16-20(19-12-10-14-23(29-2)25(19)30-3)21-17-27-22-13-8-7-11-18(21)22/h7-8,10-14,17,20,27H,4-6,9,15-16H2,1-3H3,(H,26,28)/t20-/m0/s1. The molecule has 0 radical (unpaired) electrons. The molecule has 0 spiro atoms. The Balaban J connectivity index is 1.92. The van der Waals surface area contributed by atoms with Gasteiger partial charge in [0, 0.05) is 41.5 Å². The van der Waals surface area contributed by atoms with Crippen LogP contribution in [0.2, 0.25) is 0 Å². The molecule has 0 fully saturated rings. The van der Waals surface area contributed by atoms with Crippen LogP contribution in [0.1, 0.15) is 56.1 Å². The van der Waals surface area contributed by atoms with Gasteiger partial charge < -0.3 is 19.8 Å². The van der Waals surface area contributed by atoms with E-state index >= 15 is 0 Å². The van der Waals surface area contributed by atoms with Gasteiger partial charge in [0.05, 0.1) is 14.2 Å². The van der Waals surface area contributed by atoms with Crippen molar-refractivity contribution in [2.75, 3.05) is 20.8 Å². The third kappa shape index (κ3) is 4.96. The van der Waals surface area contributed by atoms with Crippen LogP contribution in [0.15, 0.2) is 48.7 Å². The van der Waals surface area contributed by atoms with E-state index in [0.717, 1.165) is 34.9 Å². The molecule has 1 amide bonds. The molecular formula is C25H32N2O3. The Kier molecular flexibility index (Phi) is 7.77. The van der Waals surface area contributed by atoms with E-state index in [-0.39, 0.29) is 11.8 Å². The molecule has 1 aromatic heterocycles. The zero-order valence-corrected chi connectivity index (χ0v) is 18.2. The summed E-state index contributed by atoms with van der Waals surface area (Å²) in [5.41, 5.74) is 3.08. The lowest BCUT2D eigenvalue weighted by molar-refractivity contribution is -0.121. The quantitative estimate of drug-likeness (QED) is 0.417. The lowest BCUT2D eigenvalue weighted by atomic mass is 9.87. The van der Waals surface area contributed by atoms with Crippen molar-refractivity contribution >= 4 is 16.8 Å². The summed E-state index contributed by atoms with van der Waals surface area (Å²) >= 11 is 0. The summed E-state index contributed by atoms with van der Waals surface area (Å²) in [6.45, 7) is 2.90. The van der Waals surface area contributed by atoms with Gasteiger partial charge >= 0.3 is 0 Å². The van der Waals surface area contributed by atoms with E-state index < -0.39 is 0 Å². The monoisotopic (exact) mass is 408 g/mol. The van der Waals surface area contributed by atoms with Crippen molar-refractivity contribution < 1.29 is 14.3 Å². The molecule has 0 saturated carbocycles. The van der Waals surface area contributed by atoms with Crippen LogP contribution in [0.5, 0.6) is 11.5 Å². The highest BCUT2D eigenvalue weighted by Crippen LogP contribution is 2.41. The van der Waals surface area contributed by atoms with Crippen LogP contribution < -0.4 is 14.8 Å². The van der Waals surface area contributed by atoms with Crippen LogP contribution in [-0.4, -0.2) is 31.7 Å². The SMILES string of the molecule is CCCCCCNC(=O)C[C@@H](c1cccc(OC)c1OC)c1c[nH]c2ccccc12. The van der Waals surface area contributed by atoms with Gasteiger partial charge in [-0.2, -0.15) is 0 Å². The molecule has 0 aliphatic rings. The molecule has 30 heavy (non-hydrogen) atoms. The zero-order valence-electron chi connectivity index (χ0n) is 18.2. The second-order valence-electron chi connectivity index (χ2n) is 7.54. The van der Waals surface area contributed by atoms with Crippen molar-refractivity contribution in [2.24, 2.45) is 0 Å². The maximum Gasteiger partial charge on any atom is 0.220 e. The summed E-state index contributed by atoms with van der Waals surface area (Å²) in [5.74, 6) is 1.24. The molecule has 2 N–H and O–H groups in total. The highest BCUT2D eigenvalue weighted by atomic mass is 16.5. The van der Waals surface area contributed by atoms with Gasteiger partial charge in [-0.25, -0.2) is 0 Å². The van der Waals surface area contributed by atoms with Crippen LogP contribution >= 0.6 is 0 Å². The minimum Gasteiger partial charge on any atom is -0.493 e. The highest BCUT2D eigenvalue weighted by Gasteiger charge is 2.25. The average molecular weight is 409 g/mol. The minimum absolute atomic E-state index is 0.0478. The maximum absolute atomic E-state index is 12.9. The molecule has 3 rings (SSSR count). The van der Waals surface area contributed by atoms with Crippen molar-refractivity contribution in [1.29, 1.82) is 0 Å². The first kappa shape index (κ1) is 21.8. The second kappa shape index (κ2) is 10.7. The van der Waals surface area contributed by atoms with Crippen molar-refractivity contribution in [2.45, 2.75) is 44.9 Å². The van der Waals surface area contributed by atoms with Crippen molar-refractivity contribution in [3.05, 3.63) is 59.8 Å². The molecule has 1 atom stereocenters. The van der Waals surface area contributed by atoms with Crippen LogP contribution in [0.4, 0.5) is 0 Å². The Morgan fingerprint density at radius 1 is 1.00 bits per heavy atom. The number of amides is 1. The van der Waals surface area contributed by atoms with E-state index in [1.165, 1.54) is 12.8 Å². The first-order valence-corrected chi connectivity index (χ1v) is 10.7.